The molecule has 0 atom stereocenters. The first-order valence-electron chi connectivity index (χ1n) is 5.28. The molecule has 0 N–H and O–H groups in total. The van der Waals surface area contributed by atoms with Gasteiger partial charge in [0.05, 0.1) is 11.3 Å². The van der Waals surface area contributed by atoms with Crippen LogP contribution in [0.1, 0.15) is 10.4 Å². The van der Waals surface area contributed by atoms with Crippen LogP contribution in [0.2, 0.25) is 0 Å². The molecule has 3 rings (SSSR count). The van der Waals surface area contributed by atoms with Crippen LogP contribution in [0.25, 0.3) is 0 Å². The second kappa shape index (κ2) is 4.22. The van der Waals surface area contributed by atoms with Crippen LogP contribution in [0, 0.1) is 21.0 Å². The average molecular weight is 375 g/mol. The minimum Gasteiger partial charge on any atom is -0.270 e. The van der Waals surface area contributed by atoms with Gasteiger partial charge in [0.1, 0.15) is 11.5 Å². The van der Waals surface area contributed by atoms with E-state index in [0.717, 1.165) is 11.0 Å². The maximum atomic E-state index is 13.8. The molecule has 1 heterocycles. The number of anilines is 2. The molecule has 19 heavy (non-hydrogen) atoms. The fourth-order valence-corrected chi connectivity index (χ4v) is 2.45. The Bertz CT molecular complexity index is 717. The monoisotopic (exact) mass is 375 g/mol. The Hall–Kier alpha value is -1.57. The Balaban J connectivity index is 2.17. The lowest BCUT2D eigenvalue weighted by Gasteiger charge is -2.33. The number of hydrogen-bond donors (Lipinski definition) is 0. The van der Waals surface area contributed by atoms with E-state index < -0.39 is 23.4 Å². The van der Waals surface area contributed by atoms with Crippen LogP contribution < -0.4 is 4.90 Å². The number of halogens is 4. The van der Waals surface area contributed by atoms with Gasteiger partial charge in [-0.2, -0.15) is 0 Å². The molecule has 1 aliphatic rings. The first-order valence-corrected chi connectivity index (χ1v) is 6.36. The summed E-state index contributed by atoms with van der Waals surface area (Å²) in [5.74, 6) is -3.42. The number of hydrogen-bond acceptors (Lipinski definition) is 1. The first-order chi connectivity index (χ1) is 9.00. The molecule has 1 aliphatic heterocycles. The summed E-state index contributed by atoms with van der Waals surface area (Å²) in [5.41, 5.74) is -0.246. The first kappa shape index (κ1) is 12.5. The normalized spacial score (nSPS) is 13.3. The largest absolute Gasteiger partial charge is 0.270 e. The fraction of sp³-hybridized carbons (Fsp3) is 0. The van der Waals surface area contributed by atoms with E-state index in [4.69, 9.17) is 0 Å². The van der Waals surface area contributed by atoms with E-state index in [9.17, 15) is 18.0 Å². The maximum absolute atomic E-state index is 13.8. The van der Waals surface area contributed by atoms with Gasteiger partial charge in [0.2, 0.25) is 0 Å². The summed E-state index contributed by atoms with van der Waals surface area (Å²) in [7, 11) is 0. The highest BCUT2D eigenvalue weighted by atomic mass is 127. The smallest absolute Gasteiger partial charge is 0.265 e. The van der Waals surface area contributed by atoms with Gasteiger partial charge >= 0.3 is 0 Å². The van der Waals surface area contributed by atoms with Crippen LogP contribution in [-0.4, -0.2) is 5.91 Å². The number of nitrogens with zero attached hydrogens (tertiary/aromatic N) is 1. The summed E-state index contributed by atoms with van der Waals surface area (Å²) >= 11 is 1.92. The van der Waals surface area contributed by atoms with Crippen molar-refractivity contribution in [2.75, 3.05) is 4.90 Å². The van der Waals surface area contributed by atoms with Crippen molar-refractivity contribution in [1.82, 2.24) is 0 Å². The van der Waals surface area contributed by atoms with Crippen LogP contribution in [-0.2, 0) is 0 Å². The van der Waals surface area contributed by atoms with Crippen molar-refractivity contribution in [2.24, 2.45) is 0 Å². The highest BCUT2D eigenvalue weighted by Gasteiger charge is 2.39. The molecule has 0 spiro atoms. The van der Waals surface area contributed by atoms with Gasteiger partial charge in [-0.25, -0.2) is 13.2 Å². The van der Waals surface area contributed by atoms with Crippen LogP contribution in [0.5, 0.6) is 0 Å². The Morgan fingerprint density at radius 2 is 1.74 bits per heavy atom. The molecule has 0 unspecified atom stereocenters. The molecular weight excluding hydrogens is 370 g/mol. The molecule has 2 aromatic rings. The highest BCUT2D eigenvalue weighted by Crippen LogP contribution is 2.42. The van der Waals surface area contributed by atoms with Gasteiger partial charge in [0.25, 0.3) is 5.91 Å². The van der Waals surface area contributed by atoms with E-state index in [1.54, 1.807) is 6.07 Å². The maximum Gasteiger partial charge on any atom is 0.265 e. The van der Waals surface area contributed by atoms with Gasteiger partial charge < -0.3 is 0 Å². The standard InChI is InChI=1S/C13H5F3INO/c14-8-3-2-7-12(11(8)16)18(13(7)19)10-4-1-6(17)5-9(10)15/h1-5H. The summed E-state index contributed by atoms with van der Waals surface area (Å²) in [6.07, 6.45) is 0. The molecule has 2 nitrogen and oxygen atoms in total. The molecular formula is C13H5F3INO. The van der Waals surface area contributed by atoms with E-state index in [1.807, 2.05) is 22.6 Å². The van der Waals surface area contributed by atoms with Crippen molar-refractivity contribution in [3.63, 3.8) is 0 Å². The van der Waals surface area contributed by atoms with E-state index in [-0.39, 0.29) is 16.9 Å². The molecule has 0 saturated heterocycles. The van der Waals surface area contributed by atoms with Gasteiger partial charge in [-0.05, 0) is 52.9 Å². The molecule has 0 fully saturated rings. The quantitative estimate of drug-likeness (QED) is 0.691. The summed E-state index contributed by atoms with van der Waals surface area (Å²) in [6, 6.07) is 6.24. The molecule has 2 aromatic carbocycles. The van der Waals surface area contributed by atoms with Gasteiger partial charge in [-0.15, -0.1) is 0 Å². The second-order valence-corrected chi connectivity index (χ2v) is 5.24. The van der Waals surface area contributed by atoms with E-state index in [2.05, 4.69) is 0 Å². The lowest BCUT2D eigenvalue weighted by molar-refractivity contribution is 0.0977. The third kappa shape index (κ3) is 1.73. The SMILES string of the molecule is O=C1c2ccc(F)c(F)c2N1c1ccc(I)cc1F. The number of fused-ring (bicyclic) bond motifs is 1. The Morgan fingerprint density at radius 3 is 2.42 bits per heavy atom. The third-order valence-electron chi connectivity index (χ3n) is 2.88. The van der Waals surface area contributed by atoms with Crippen LogP contribution >= 0.6 is 22.6 Å². The van der Waals surface area contributed by atoms with E-state index in [0.29, 0.717) is 3.57 Å². The molecule has 0 aliphatic carbocycles. The summed E-state index contributed by atoms with van der Waals surface area (Å²) in [6.45, 7) is 0. The average Bonchev–Trinajstić information content (AvgIpc) is 2.36. The van der Waals surface area contributed by atoms with Crippen molar-refractivity contribution < 1.29 is 18.0 Å². The predicted molar refractivity (Wildman–Crippen MR) is 71.9 cm³/mol. The summed E-state index contributed by atoms with van der Waals surface area (Å²) in [4.78, 5) is 12.7. The van der Waals surface area contributed by atoms with Crippen molar-refractivity contribution >= 4 is 39.9 Å². The third-order valence-corrected chi connectivity index (χ3v) is 3.55. The fourth-order valence-electron chi connectivity index (χ4n) is 1.99. The lowest BCUT2D eigenvalue weighted by atomic mass is 10.00. The Kier molecular flexibility index (Phi) is 2.77. The molecule has 0 aromatic heterocycles. The van der Waals surface area contributed by atoms with Crippen LogP contribution in [0.3, 0.4) is 0 Å². The zero-order valence-corrected chi connectivity index (χ0v) is 11.4. The molecule has 6 heteroatoms. The Labute approximate surface area is 120 Å². The van der Waals surface area contributed by atoms with Crippen LogP contribution in [0.15, 0.2) is 30.3 Å². The number of rotatable bonds is 1. The highest BCUT2D eigenvalue weighted by molar-refractivity contribution is 14.1. The second-order valence-electron chi connectivity index (χ2n) is 3.99. The van der Waals surface area contributed by atoms with Crippen molar-refractivity contribution in [3.8, 4) is 0 Å². The van der Waals surface area contributed by atoms with Crippen LogP contribution in [0.4, 0.5) is 24.5 Å². The molecule has 0 bridgehead atoms. The van der Waals surface area contributed by atoms with E-state index >= 15 is 0 Å². The minimum absolute atomic E-state index is 0.0526. The topological polar surface area (TPSA) is 20.3 Å². The number of carbonyl (C=O) groups excluding carboxylic acids is 1. The predicted octanol–water partition coefficient (Wildman–Crippen LogP) is 4.00. The lowest BCUT2D eigenvalue weighted by Crippen LogP contribution is -2.38. The van der Waals surface area contributed by atoms with E-state index in [1.165, 1.54) is 18.2 Å². The van der Waals surface area contributed by atoms with Crippen molar-refractivity contribution in [3.05, 3.63) is 56.9 Å². The minimum atomic E-state index is -1.14. The number of amides is 1. The van der Waals surface area contributed by atoms with Crippen molar-refractivity contribution in [2.45, 2.75) is 0 Å². The molecule has 1 amide bonds. The molecule has 0 saturated carbocycles. The number of carbonyl (C=O) groups is 1. The molecule has 96 valence electrons. The zero-order valence-electron chi connectivity index (χ0n) is 9.25. The zero-order chi connectivity index (χ0) is 13.7. The van der Waals surface area contributed by atoms with Gasteiger partial charge in [0, 0.05) is 3.57 Å². The van der Waals surface area contributed by atoms with Gasteiger partial charge in [0.15, 0.2) is 11.6 Å². The molecule has 0 radical (unpaired) electrons. The van der Waals surface area contributed by atoms with Crippen molar-refractivity contribution in [1.29, 1.82) is 0 Å². The van der Waals surface area contributed by atoms with Gasteiger partial charge in [-0.1, -0.05) is 0 Å². The summed E-state index contributed by atoms with van der Waals surface area (Å²) in [5, 5.41) is 0. The number of benzene rings is 2. The summed E-state index contributed by atoms with van der Waals surface area (Å²) < 4.78 is 41.3. The Morgan fingerprint density at radius 1 is 1.00 bits per heavy atom. The van der Waals surface area contributed by atoms with Gasteiger partial charge in [-0.3, -0.25) is 9.69 Å².